The molecule has 0 aromatic carbocycles. The van der Waals surface area contributed by atoms with Crippen LogP contribution in [0.3, 0.4) is 0 Å². The average molecular weight is 171 g/mol. The Kier molecular flexibility index (Phi) is 2.89. The molecule has 48 valence electrons. The van der Waals surface area contributed by atoms with E-state index in [1.807, 2.05) is 0 Å². The van der Waals surface area contributed by atoms with E-state index in [0.29, 0.717) is 5.66 Å². The maximum atomic E-state index is 5.71. The van der Waals surface area contributed by atoms with E-state index in [-0.39, 0.29) is 0 Å². The second-order valence-corrected chi connectivity index (χ2v) is 6.15. The van der Waals surface area contributed by atoms with Gasteiger partial charge in [-0.25, -0.2) is 0 Å². The zero-order chi connectivity index (χ0) is 5.98. The Morgan fingerprint density at radius 1 is 1.12 bits per heavy atom. The zero-order valence-electron chi connectivity index (χ0n) is 4.61. The van der Waals surface area contributed by atoms with Gasteiger partial charge >= 0.3 is 0 Å². The Morgan fingerprint density at radius 2 is 1.62 bits per heavy atom. The van der Waals surface area contributed by atoms with E-state index in [9.17, 15) is 0 Å². The molecule has 0 spiro atoms. The van der Waals surface area contributed by atoms with Crippen molar-refractivity contribution in [3.8, 4) is 0 Å². The highest BCUT2D eigenvalue weighted by atomic mass is 35.9. The van der Waals surface area contributed by atoms with Crippen molar-refractivity contribution < 1.29 is 0 Å². The quantitative estimate of drug-likeness (QED) is 0.527. The lowest BCUT2D eigenvalue weighted by Gasteiger charge is -2.06. The second-order valence-electron chi connectivity index (χ2n) is 2.20. The zero-order valence-corrected chi connectivity index (χ0v) is 7.02. The maximum Gasteiger partial charge on any atom is 0.0886 e. The van der Waals surface area contributed by atoms with Crippen molar-refractivity contribution in [1.82, 2.24) is 0 Å². The summed E-state index contributed by atoms with van der Waals surface area (Å²) in [5, 5.41) is 0. The molecule has 0 N–H and O–H groups in total. The molecule has 0 atom stereocenters. The van der Waals surface area contributed by atoms with Gasteiger partial charge in [-0.15, -0.1) is 0 Å². The van der Waals surface area contributed by atoms with Gasteiger partial charge in [0.15, 0.2) is 0 Å². The molecule has 8 heavy (non-hydrogen) atoms. The van der Waals surface area contributed by atoms with Crippen LogP contribution in [0.15, 0.2) is 0 Å². The Hall–Kier alpha value is 1.01. The van der Waals surface area contributed by atoms with Gasteiger partial charge in [-0.05, 0) is 12.8 Å². The normalized spacial score (nSPS) is 22.9. The fourth-order valence-corrected chi connectivity index (χ4v) is 3.03. The molecule has 1 aliphatic rings. The highest BCUT2D eigenvalue weighted by Gasteiger charge is 2.20. The Bertz CT molecular complexity index is 68.8. The fourth-order valence-electron chi connectivity index (χ4n) is 1.10. The van der Waals surface area contributed by atoms with Crippen molar-refractivity contribution >= 4 is 29.1 Å². The molecule has 0 radical (unpaired) electrons. The topological polar surface area (TPSA) is 0 Å². The Morgan fingerprint density at radius 3 is 1.88 bits per heavy atom. The van der Waals surface area contributed by atoms with Crippen LogP contribution in [-0.2, 0) is 0 Å². The molecule has 0 saturated heterocycles. The van der Waals surface area contributed by atoms with Gasteiger partial charge in [0.2, 0.25) is 0 Å². The summed E-state index contributed by atoms with van der Waals surface area (Å²) >= 11 is 11.4. The van der Waals surface area contributed by atoms with Crippen LogP contribution < -0.4 is 0 Å². The molecule has 0 unspecified atom stereocenters. The van der Waals surface area contributed by atoms with E-state index in [1.165, 1.54) is 25.7 Å². The molecular weight excluding hydrogens is 162 g/mol. The summed E-state index contributed by atoms with van der Waals surface area (Å²) in [6.07, 6.45) is 5.20. The van der Waals surface area contributed by atoms with Crippen molar-refractivity contribution in [2.24, 2.45) is 0 Å². The molecule has 1 rings (SSSR count). The van der Waals surface area contributed by atoms with Crippen LogP contribution >= 0.6 is 29.1 Å². The van der Waals surface area contributed by atoms with Gasteiger partial charge in [-0.1, -0.05) is 35.3 Å². The second kappa shape index (κ2) is 3.25. The van der Waals surface area contributed by atoms with Crippen LogP contribution in [-0.4, -0.2) is 5.66 Å². The van der Waals surface area contributed by atoms with Crippen molar-refractivity contribution in [1.29, 1.82) is 0 Å². The van der Waals surface area contributed by atoms with E-state index in [4.69, 9.17) is 22.5 Å². The van der Waals surface area contributed by atoms with Crippen LogP contribution in [0.1, 0.15) is 25.7 Å². The number of hydrogen-bond acceptors (Lipinski definition) is 0. The van der Waals surface area contributed by atoms with Gasteiger partial charge < -0.3 is 0 Å². The summed E-state index contributed by atoms with van der Waals surface area (Å²) < 4.78 is 0. The highest BCUT2D eigenvalue weighted by molar-refractivity contribution is 8.04. The van der Waals surface area contributed by atoms with Gasteiger partial charge in [0.25, 0.3) is 0 Å². The molecule has 0 aromatic rings. The molecule has 1 aliphatic carbocycles. The predicted molar refractivity (Wildman–Crippen MR) is 40.9 cm³/mol. The summed E-state index contributed by atoms with van der Waals surface area (Å²) in [5.41, 5.74) is 0.660. The van der Waals surface area contributed by atoms with E-state index in [0.717, 1.165) is 0 Å². The maximum absolute atomic E-state index is 5.71. The van der Waals surface area contributed by atoms with Crippen LogP contribution in [0.2, 0.25) is 0 Å². The molecule has 0 heterocycles. The highest BCUT2D eigenvalue weighted by Crippen LogP contribution is 2.56. The summed E-state index contributed by atoms with van der Waals surface area (Å²) in [6.45, 7) is -0.657. The third-order valence-corrected chi connectivity index (χ3v) is 4.33. The van der Waals surface area contributed by atoms with Gasteiger partial charge in [-0.2, -0.15) is 0 Å². The van der Waals surface area contributed by atoms with Crippen molar-refractivity contribution in [2.45, 2.75) is 31.3 Å². The lowest BCUT2D eigenvalue weighted by atomic mass is 10.4. The van der Waals surface area contributed by atoms with E-state index in [1.54, 1.807) is 0 Å². The molecule has 0 aliphatic heterocycles. The SMILES string of the molecule is ClP(Cl)C1CCCC1. The molecular formula is C5H9Cl2P. The number of hydrogen-bond donors (Lipinski definition) is 0. The Balaban J connectivity index is 2.24. The third-order valence-electron chi connectivity index (χ3n) is 1.60. The first-order valence-corrected chi connectivity index (χ1v) is 6.13. The average Bonchev–Trinajstić information content (AvgIpc) is 2.12. The predicted octanol–water partition coefficient (Wildman–Crippen LogP) is 3.72. The van der Waals surface area contributed by atoms with E-state index < -0.39 is 6.63 Å². The molecule has 0 aromatic heterocycles. The lowest BCUT2D eigenvalue weighted by Crippen LogP contribution is -1.89. The smallest absolute Gasteiger partial charge is 0.0778 e. The summed E-state index contributed by atoms with van der Waals surface area (Å²) in [5.74, 6) is 0. The van der Waals surface area contributed by atoms with Gasteiger partial charge in [-0.3, -0.25) is 0 Å². The van der Waals surface area contributed by atoms with Gasteiger partial charge in [0, 0.05) is 5.66 Å². The van der Waals surface area contributed by atoms with Crippen LogP contribution in [0.4, 0.5) is 0 Å². The Labute approximate surface area is 60.9 Å². The monoisotopic (exact) mass is 170 g/mol. The molecule has 0 amide bonds. The largest absolute Gasteiger partial charge is 0.0886 e. The summed E-state index contributed by atoms with van der Waals surface area (Å²) in [4.78, 5) is 0. The number of halogens is 2. The number of rotatable bonds is 1. The first-order chi connectivity index (χ1) is 3.80. The fraction of sp³-hybridized carbons (Fsp3) is 1.00. The van der Waals surface area contributed by atoms with Crippen LogP contribution in [0.25, 0.3) is 0 Å². The van der Waals surface area contributed by atoms with E-state index >= 15 is 0 Å². The third kappa shape index (κ3) is 1.76. The van der Waals surface area contributed by atoms with Crippen molar-refractivity contribution in [3.05, 3.63) is 0 Å². The minimum atomic E-state index is -0.657. The molecule has 0 bridgehead atoms. The first-order valence-electron chi connectivity index (χ1n) is 2.91. The van der Waals surface area contributed by atoms with Crippen molar-refractivity contribution in [3.63, 3.8) is 0 Å². The van der Waals surface area contributed by atoms with Crippen LogP contribution in [0, 0.1) is 0 Å². The van der Waals surface area contributed by atoms with Gasteiger partial charge in [0.05, 0.1) is 6.63 Å². The van der Waals surface area contributed by atoms with Crippen LogP contribution in [0.5, 0.6) is 0 Å². The van der Waals surface area contributed by atoms with Crippen molar-refractivity contribution in [2.75, 3.05) is 0 Å². The lowest BCUT2D eigenvalue weighted by molar-refractivity contribution is 0.886. The molecule has 0 nitrogen and oxygen atoms in total. The minimum absolute atomic E-state index is 0.657. The molecule has 1 saturated carbocycles. The standard InChI is InChI=1S/C5H9Cl2P/c6-8(7)5-3-1-2-4-5/h5H,1-4H2. The van der Waals surface area contributed by atoms with Gasteiger partial charge in [0.1, 0.15) is 0 Å². The summed E-state index contributed by atoms with van der Waals surface area (Å²) in [6, 6.07) is 0. The van der Waals surface area contributed by atoms with E-state index in [2.05, 4.69) is 0 Å². The molecule has 1 fully saturated rings. The minimum Gasteiger partial charge on any atom is -0.0778 e. The molecule has 3 heteroatoms. The summed E-state index contributed by atoms with van der Waals surface area (Å²) in [7, 11) is 0. The first kappa shape index (κ1) is 7.12.